The van der Waals surface area contributed by atoms with Gasteiger partial charge in [-0.3, -0.25) is 0 Å². The maximum Gasteiger partial charge on any atom is 0.137 e. The molecule has 0 fully saturated rings. The molecule has 0 spiro atoms. The van der Waals surface area contributed by atoms with Crippen molar-refractivity contribution in [2.45, 2.75) is 23.9 Å². The summed E-state index contributed by atoms with van der Waals surface area (Å²) in [5.74, 6) is 1.18. The molecule has 3 heterocycles. The van der Waals surface area contributed by atoms with Crippen LogP contribution < -0.4 is 5.32 Å². The molecule has 0 radical (unpaired) electrons. The lowest BCUT2D eigenvalue weighted by atomic mass is 10.0. The van der Waals surface area contributed by atoms with E-state index in [1.807, 2.05) is 24.0 Å². The number of hydrogen-bond acceptors (Lipinski definition) is 3. The van der Waals surface area contributed by atoms with E-state index in [9.17, 15) is 0 Å². The minimum atomic E-state index is 0.448. The molecule has 4 rings (SSSR count). The molecule has 2 N–H and O–H groups in total. The van der Waals surface area contributed by atoms with Crippen LogP contribution in [0.25, 0.3) is 11.0 Å². The summed E-state index contributed by atoms with van der Waals surface area (Å²) in [6.07, 6.45) is 5.07. The Morgan fingerprint density at radius 1 is 1.24 bits per heavy atom. The highest BCUT2D eigenvalue weighted by molar-refractivity contribution is 7.99. The zero-order valence-electron chi connectivity index (χ0n) is 11.7. The molecule has 106 valence electrons. The largest absolute Gasteiger partial charge is 0.346 e. The van der Waals surface area contributed by atoms with Crippen LogP contribution in [-0.4, -0.2) is 15.7 Å². The standard InChI is InChI=1S/C17H17N3S/c1-2-6-16-14(4-1)15(7-9-21-16)19-10-12-11-20-17-13(12)5-3-8-18-17/h1-6,8,11,15,19H,7,9-10H2,(H,18,20). The monoisotopic (exact) mass is 295 g/mol. The number of hydrogen-bond donors (Lipinski definition) is 2. The normalized spacial score (nSPS) is 17.8. The number of pyridine rings is 1. The van der Waals surface area contributed by atoms with Crippen molar-refractivity contribution in [3.8, 4) is 0 Å². The lowest BCUT2D eigenvalue weighted by molar-refractivity contribution is 0.511. The second kappa shape index (κ2) is 5.54. The number of aromatic nitrogens is 2. The fraction of sp³-hybridized carbons (Fsp3) is 0.235. The molecule has 4 heteroatoms. The number of fused-ring (bicyclic) bond motifs is 2. The van der Waals surface area contributed by atoms with Gasteiger partial charge in [0.25, 0.3) is 0 Å². The molecular weight excluding hydrogens is 278 g/mol. The topological polar surface area (TPSA) is 40.7 Å². The summed E-state index contributed by atoms with van der Waals surface area (Å²) in [7, 11) is 0. The number of aromatic amines is 1. The van der Waals surface area contributed by atoms with E-state index in [-0.39, 0.29) is 0 Å². The minimum Gasteiger partial charge on any atom is -0.346 e. The highest BCUT2D eigenvalue weighted by Crippen LogP contribution is 2.36. The fourth-order valence-electron chi connectivity index (χ4n) is 2.95. The van der Waals surface area contributed by atoms with Crippen LogP contribution >= 0.6 is 11.8 Å². The van der Waals surface area contributed by atoms with E-state index >= 15 is 0 Å². The van der Waals surface area contributed by atoms with Crippen LogP contribution in [0.4, 0.5) is 0 Å². The van der Waals surface area contributed by atoms with Crippen LogP contribution in [-0.2, 0) is 6.54 Å². The first-order valence-corrected chi connectivity index (χ1v) is 8.26. The third-order valence-corrected chi connectivity index (χ3v) is 5.16. The maximum atomic E-state index is 4.35. The highest BCUT2D eigenvalue weighted by Gasteiger charge is 2.19. The lowest BCUT2D eigenvalue weighted by Crippen LogP contribution is -2.24. The Labute approximate surface area is 128 Å². The van der Waals surface area contributed by atoms with Crippen LogP contribution in [0, 0.1) is 0 Å². The smallest absolute Gasteiger partial charge is 0.137 e. The van der Waals surface area contributed by atoms with Gasteiger partial charge in [-0.15, -0.1) is 11.8 Å². The first kappa shape index (κ1) is 12.9. The quantitative estimate of drug-likeness (QED) is 0.770. The summed E-state index contributed by atoms with van der Waals surface area (Å²) in [6, 6.07) is 13.3. The predicted octanol–water partition coefficient (Wildman–Crippen LogP) is 3.89. The van der Waals surface area contributed by atoms with E-state index in [1.165, 1.54) is 33.6 Å². The van der Waals surface area contributed by atoms with Gasteiger partial charge < -0.3 is 10.3 Å². The van der Waals surface area contributed by atoms with E-state index in [0.717, 1.165) is 12.2 Å². The third-order valence-electron chi connectivity index (χ3n) is 4.03. The van der Waals surface area contributed by atoms with E-state index in [0.29, 0.717) is 6.04 Å². The van der Waals surface area contributed by atoms with Crippen LogP contribution in [0.3, 0.4) is 0 Å². The van der Waals surface area contributed by atoms with Crippen molar-refractivity contribution < 1.29 is 0 Å². The van der Waals surface area contributed by atoms with Gasteiger partial charge >= 0.3 is 0 Å². The van der Waals surface area contributed by atoms with Gasteiger partial charge in [-0.25, -0.2) is 4.98 Å². The molecule has 1 atom stereocenters. The van der Waals surface area contributed by atoms with E-state index in [4.69, 9.17) is 0 Å². The summed E-state index contributed by atoms with van der Waals surface area (Å²) < 4.78 is 0. The molecule has 21 heavy (non-hydrogen) atoms. The summed E-state index contributed by atoms with van der Waals surface area (Å²) in [6.45, 7) is 0.870. The number of H-pyrrole nitrogens is 1. The van der Waals surface area contributed by atoms with Crippen LogP contribution in [0.15, 0.2) is 53.7 Å². The second-order valence-electron chi connectivity index (χ2n) is 5.32. The number of thioether (sulfide) groups is 1. The SMILES string of the molecule is c1ccc2c(c1)SCCC2NCc1c[nH]c2ncccc12. The Balaban J connectivity index is 1.55. The molecule has 0 amide bonds. The molecule has 3 nitrogen and oxygen atoms in total. The lowest BCUT2D eigenvalue weighted by Gasteiger charge is -2.26. The summed E-state index contributed by atoms with van der Waals surface area (Å²) in [4.78, 5) is 9.00. The van der Waals surface area contributed by atoms with Crippen molar-refractivity contribution in [1.82, 2.24) is 15.3 Å². The summed E-state index contributed by atoms with van der Waals surface area (Å²) >= 11 is 1.96. The molecule has 0 aliphatic carbocycles. The Morgan fingerprint density at radius 3 is 3.19 bits per heavy atom. The van der Waals surface area contributed by atoms with Gasteiger partial charge in [-0.2, -0.15) is 0 Å². The van der Waals surface area contributed by atoms with Gasteiger partial charge in [-0.05, 0) is 41.5 Å². The van der Waals surface area contributed by atoms with Gasteiger partial charge in [0.15, 0.2) is 0 Å². The van der Waals surface area contributed by atoms with Crippen molar-refractivity contribution in [3.05, 3.63) is 59.9 Å². The van der Waals surface area contributed by atoms with Crippen LogP contribution in [0.5, 0.6) is 0 Å². The molecule has 1 aromatic carbocycles. The zero-order chi connectivity index (χ0) is 14.1. The molecule has 3 aromatic rings. The first-order chi connectivity index (χ1) is 10.4. The molecule has 2 aromatic heterocycles. The van der Waals surface area contributed by atoms with Crippen molar-refractivity contribution in [1.29, 1.82) is 0 Å². The average Bonchev–Trinajstić information content (AvgIpc) is 2.96. The van der Waals surface area contributed by atoms with Gasteiger partial charge in [-0.1, -0.05) is 18.2 Å². The van der Waals surface area contributed by atoms with Crippen molar-refractivity contribution in [2.75, 3.05) is 5.75 Å². The maximum absolute atomic E-state index is 4.35. The van der Waals surface area contributed by atoms with E-state index in [2.05, 4.69) is 51.8 Å². The van der Waals surface area contributed by atoms with Crippen molar-refractivity contribution in [2.24, 2.45) is 0 Å². The van der Waals surface area contributed by atoms with Gasteiger partial charge in [0.2, 0.25) is 0 Å². The van der Waals surface area contributed by atoms with E-state index < -0.39 is 0 Å². The average molecular weight is 295 g/mol. The molecule has 1 aliphatic heterocycles. The Morgan fingerprint density at radius 2 is 2.19 bits per heavy atom. The fourth-order valence-corrected chi connectivity index (χ4v) is 4.07. The van der Waals surface area contributed by atoms with Crippen LogP contribution in [0.2, 0.25) is 0 Å². The molecular formula is C17H17N3S. The molecule has 0 saturated carbocycles. The summed E-state index contributed by atoms with van der Waals surface area (Å²) in [5.41, 5.74) is 3.69. The number of nitrogens with zero attached hydrogens (tertiary/aromatic N) is 1. The van der Waals surface area contributed by atoms with Crippen molar-refractivity contribution in [3.63, 3.8) is 0 Å². The van der Waals surface area contributed by atoms with Crippen LogP contribution in [0.1, 0.15) is 23.6 Å². The molecule has 0 bridgehead atoms. The molecule has 1 aliphatic rings. The molecule has 0 saturated heterocycles. The highest BCUT2D eigenvalue weighted by atomic mass is 32.2. The predicted molar refractivity (Wildman–Crippen MR) is 87.5 cm³/mol. The van der Waals surface area contributed by atoms with E-state index in [1.54, 1.807) is 0 Å². The summed E-state index contributed by atoms with van der Waals surface area (Å²) in [5, 5.41) is 4.92. The Hall–Kier alpha value is -1.78. The second-order valence-corrected chi connectivity index (χ2v) is 6.46. The Kier molecular flexibility index (Phi) is 3.41. The number of rotatable bonds is 3. The molecule has 1 unspecified atom stereocenters. The minimum absolute atomic E-state index is 0.448. The zero-order valence-corrected chi connectivity index (χ0v) is 12.5. The number of nitrogens with one attached hydrogen (secondary N) is 2. The van der Waals surface area contributed by atoms with Gasteiger partial charge in [0.05, 0.1) is 0 Å². The Bertz CT molecular complexity index is 765. The van der Waals surface area contributed by atoms with Crippen molar-refractivity contribution >= 4 is 22.8 Å². The van der Waals surface area contributed by atoms with Gasteiger partial charge in [0.1, 0.15) is 5.65 Å². The van der Waals surface area contributed by atoms with Gasteiger partial charge in [0, 0.05) is 35.3 Å². The third kappa shape index (κ3) is 2.45. The number of benzene rings is 1. The first-order valence-electron chi connectivity index (χ1n) is 7.28.